The van der Waals surface area contributed by atoms with Gasteiger partial charge in [-0.2, -0.15) is 5.10 Å². The van der Waals surface area contributed by atoms with Crippen LogP contribution in [0.3, 0.4) is 0 Å². The summed E-state index contributed by atoms with van der Waals surface area (Å²) in [7, 11) is 1.66. The number of nitrogens with zero attached hydrogens (tertiary/aromatic N) is 2. The van der Waals surface area contributed by atoms with Gasteiger partial charge in [0.1, 0.15) is 4.60 Å². The molecule has 14 heavy (non-hydrogen) atoms. The van der Waals surface area contributed by atoms with Crippen LogP contribution in [0.2, 0.25) is 0 Å². The van der Waals surface area contributed by atoms with Gasteiger partial charge in [-0.1, -0.05) is 0 Å². The minimum absolute atomic E-state index is 0.495. The second-order valence-electron chi connectivity index (χ2n) is 3.43. The minimum Gasteiger partial charge on any atom is -0.492 e. The van der Waals surface area contributed by atoms with Gasteiger partial charge in [0.25, 0.3) is 0 Å². The molecule has 0 atom stereocenters. The molecule has 2 rings (SSSR count). The Hall–Kier alpha value is -0.550. The van der Waals surface area contributed by atoms with Gasteiger partial charge in [0.15, 0.2) is 5.75 Å². The van der Waals surface area contributed by atoms with Crippen LogP contribution in [0.1, 0.15) is 18.9 Å². The standard InChI is InChI=1S/C9H14BrN3O/c1-14-8-6-12-13(9(8)10)7-2-4-11-5-3-7/h6-7,11H,2-5H2,1H3. The van der Waals surface area contributed by atoms with Crippen molar-refractivity contribution in [2.24, 2.45) is 0 Å². The third-order valence-electron chi connectivity index (χ3n) is 2.58. The Morgan fingerprint density at radius 3 is 2.86 bits per heavy atom. The highest BCUT2D eigenvalue weighted by Crippen LogP contribution is 2.29. The molecule has 0 spiro atoms. The Morgan fingerprint density at radius 1 is 1.57 bits per heavy atom. The maximum atomic E-state index is 5.17. The first-order valence-electron chi connectivity index (χ1n) is 4.80. The highest BCUT2D eigenvalue weighted by molar-refractivity contribution is 9.10. The molecule has 0 saturated carbocycles. The minimum atomic E-state index is 0.495. The van der Waals surface area contributed by atoms with Gasteiger partial charge in [-0.05, 0) is 41.9 Å². The number of rotatable bonds is 2. The van der Waals surface area contributed by atoms with Gasteiger partial charge in [0.05, 0.1) is 19.3 Å². The van der Waals surface area contributed by atoms with E-state index >= 15 is 0 Å². The second kappa shape index (κ2) is 4.31. The van der Waals surface area contributed by atoms with Crippen molar-refractivity contribution in [3.63, 3.8) is 0 Å². The Kier molecular flexibility index (Phi) is 3.08. The fraction of sp³-hybridized carbons (Fsp3) is 0.667. The summed E-state index contributed by atoms with van der Waals surface area (Å²) in [5, 5.41) is 7.66. The normalized spacial score (nSPS) is 18.4. The van der Waals surface area contributed by atoms with Crippen LogP contribution in [0.4, 0.5) is 0 Å². The van der Waals surface area contributed by atoms with Gasteiger partial charge in [0, 0.05) is 0 Å². The van der Waals surface area contributed by atoms with Crippen molar-refractivity contribution >= 4 is 15.9 Å². The van der Waals surface area contributed by atoms with E-state index in [2.05, 4.69) is 26.3 Å². The summed E-state index contributed by atoms with van der Waals surface area (Å²) in [6.07, 6.45) is 4.01. The van der Waals surface area contributed by atoms with Gasteiger partial charge < -0.3 is 10.1 Å². The lowest BCUT2D eigenvalue weighted by molar-refractivity contribution is 0.335. The molecule has 5 heteroatoms. The van der Waals surface area contributed by atoms with Gasteiger partial charge >= 0.3 is 0 Å². The zero-order valence-corrected chi connectivity index (χ0v) is 9.75. The van der Waals surface area contributed by atoms with Crippen molar-refractivity contribution < 1.29 is 4.74 Å². The topological polar surface area (TPSA) is 39.1 Å². The lowest BCUT2D eigenvalue weighted by atomic mass is 10.1. The van der Waals surface area contributed by atoms with Gasteiger partial charge in [-0.25, -0.2) is 0 Å². The molecule has 1 fully saturated rings. The van der Waals surface area contributed by atoms with Crippen molar-refractivity contribution in [2.75, 3.05) is 20.2 Å². The Balaban J connectivity index is 2.18. The van der Waals surface area contributed by atoms with Crippen LogP contribution in [-0.2, 0) is 0 Å². The molecule has 0 aliphatic carbocycles. The van der Waals surface area contributed by atoms with Gasteiger partial charge in [-0.15, -0.1) is 0 Å². The van der Waals surface area contributed by atoms with E-state index in [0.29, 0.717) is 6.04 Å². The van der Waals surface area contributed by atoms with Crippen molar-refractivity contribution in [2.45, 2.75) is 18.9 Å². The average Bonchev–Trinajstić information content (AvgIpc) is 2.61. The first-order chi connectivity index (χ1) is 6.83. The van der Waals surface area contributed by atoms with E-state index in [1.807, 2.05) is 4.68 Å². The monoisotopic (exact) mass is 259 g/mol. The highest BCUT2D eigenvalue weighted by atomic mass is 79.9. The van der Waals surface area contributed by atoms with E-state index in [9.17, 15) is 0 Å². The Bertz CT molecular complexity index is 307. The maximum absolute atomic E-state index is 5.17. The van der Waals surface area contributed by atoms with Gasteiger partial charge in [0.2, 0.25) is 0 Å². The predicted molar refractivity (Wildman–Crippen MR) is 57.6 cm³/mol. The quantitative estimate of drug-likeness (QED) is 0.877. The molecule has 0 bridgehead atoms. The Labute approximate surface area is 91.8 Å². The van der Waals surface area contributed by atoms with Crippen molar-refractivity contribution in [3.8, 4) is 5.75 Å². The third-order valence-corrected chi connectivity index (χ3v) is 3.33. The maximum Gasteiger partial charge on any atom is 0.171 e. The van der Waals surface area contributed by atoms with Crippen LogP contribution in [0, 0.1) is 0 Å². The van der Waals surface area contributed by atoms with Crippen LogP contribution in [0.15, 0.2) is 10.8 Å². The number of ether oxygens (including phenoxy) is 1. The molecule has 1 saturated heterocycles. The van der Waals surface area contributed by atoms with E-state index in [4.69, 9.17) is 4.74 Å². The fourth-order valence-corrected chi connectivity index (χ4v) is 2.42. The van der Waals surface area contributed by atoms with Crippen molar-refractivity contribution in [3.05, 3.63) is 10.8 Å². The smallest absolute Gasteiger partial charge is 0.171 e. The lowest BCUT2D eigenvalue weighted by Crippen LogP contribution is -2.29. The third kappa shape index (κ3) is 1.79. The number of aromatic nitrogens is 2. The Morgan fingerprint density at radius 2 is 2.29 bits per heavy atom. The van der Waals surface area contributed by atoms with E-state index in [1.54, 1.807) is 13.3 Å². The van der Waals surface area contributed by atoms with Crippen molar-refractivity contribution in [1.82, 2.24) is 15.1 Å². The number of hydrogen-bond donors (Lipinski definition) is 1. The molecular weight excluding hydrogens is 246 g/mol. The van der Waals surface area contributed by atoms with Crippen molar-refractivity contribution in [1.29, 1.82) is 0 Å². The summed E-state index contributed by atoms with van der Waals surface area (Å²) in [5.41, 5.74) is 0. The van der Waals surface area contributed by atoms with Crippen LogP contribution in [-0.4, -0.2) is 30.0 Å². The summed E-state index contributed by atoms with van der Waals surface area (Å²) in [4.78, 5) is 0. The molecule has 1 aliphatic rings. The van der Waals surface area contributed by atoms with Crippen LogP contribution in [0.5, 0.6) is 5.75 Å². The number of hydrogen-bond acceptors (Lipinski definition) is 3. The van der Waals surface area contributed by atoms with E-state index < -0.39 is 0 Å². The first-order valence-corrected chi connectivity index (χ1v) is 5.60. The summed E-state index contributed by atoms with van der Waals surface area (Å²) in [6.45, 7) is 2.14. The summed E-state index contributed by atoms with van der Waals surface area (Å²) in [6, 6.07) is 0.495. The molecule has 1 aliphatic heterocycles. The first kappa shape index (κ1) is 9.98. The molecule has 4 nitrogen and oxygen atoms in total. The number of piperidine rings is 1. The van der Waals surface area contributed by atoms with E-state index in [0.717, 1.165) is 36.3 Å². The molecule has 1 aromatic rings. The zero-order valence-electron chi connectivity index (χ0n) is 8.16. The molecule has 0 aromatic carbocycles. The van der Waals surface area contributed by atoms with E-state index in [1.165, 1.54) is 0 Å². The number of methoxy groups -OCH3 is 1. The second-order valence-corrected chi connectivity index (χ2v) is 4.18. The summed E-state index contributed by atoms with van der Waals surface area (Å²) < 4.78 is 8.14. The molecule has 1 aromatic heterocycles. The molecule has 0 unspecified atom stereocenters. The fourth-order valence-electron chi connectivity index (χ4n) is 1.77. The van der Waals surface area contributed by atoms with Crippen LogP contribution in [0.25, 0.3) is 0 Å². The number of halogens is 1. The van der Waals surface area contributed by atoms with Crippen LogP contribution < -0.4 is 10.1 Å². The molecule has 1 N–H and O–H groups in total. The zero-order chi connectivity index (χ0) is 9.97. The predicted octanol–water partition coefficient (Wildman–Crippen LogP) is 1.58. The largest absolute Gasteiger partial charge is 0.492 e. The highest BCUT2D eigenvalue weighted by Gasteiger charge is 2.19. The van der Waals surface area contributed by atoms with Gasteiger partial charge in [-0.3, -0.25) is 4.68 Å². The molecule has 0 amide bonds. The summed E-state index contributed by atoms with van der Waals surface area (Å²) >= 11 is 3.50. The molecule has 2 heterocycles. The summed E-state index contributed by atoms with van der Waals surface area (Å²) in [5.74, 6) is 0.809. The average molecular weight is 260 g/mol. The van der Waals surface area contributed by atoms with Crippen LogP contribution >= 0.6 is 15.9 Å². The number of nitrogens with one attached hydrogen (secondary N) is 1. The molecule has 78 valence electrons. The lowest BCUT2D eigenvalue weighted by Gasteiger charge is -2.23. The van der Waals surface area contributed by atoms with E-state index in [-0.39, 0.29) is 0 Å². The SMILES string of the molecule is COc1cnn(C2CCNCC2)c1Br. The molecule has 0 radical (unpaired) electrons. The molecular formula is C9H14BrN3O.